The minimum Gasteiger partial charge on any atom is -0.341 e. The van der Waals surface area contributed by atoms with Crippen LogP contribution >= 0.6 is 0 Å². The third kappa shape index (κ3) is 4.32. The molecule has 0 radical (unpaired) electrons. The molecular weight excluding hydrogens is 423 g/mol. The predicted octanol–water partition coefficient (Wildman–Crippen LogP) is 1.94. The minimum absolute atomic E-state index is 0.0163. The van der Waals surface area contributed by atoms with Crippen LogP contribution in [0.2, 0.25) is 0 Å². The number of aromatic nitrogens is 2. The molecule has 0 atom stereocenters. The van der Waals surface area contributed by atoms with E-state index in [1.165, 1.54) is 6.07 Å². The van der Waals surface area contributed by atoms with Gasteiger partial charge >= 0.3 is 12.2 Å². The van der Waals surface area contributed by atoms with E-state index in [1.54, 1.807) is 9.80 Å². The Morgan fingerprint density at radius 3 is 2.40 bits per heavy atom. The van der Waals surface area contributed by atoms with Gasteiger partial charge in [0, 0.05) is 39.3 Å². The van der Waals surface area contributed by atoms with E-state index < -0.39 is 21.6 Å². The first kappa shape index (κ1) is 20.8. The van der Waals surface area contributed by atoms with Gasteiger partial charge in [0.15, 0.2) is 9.84 Å². The number of sulfone groups is 1. The van der Waals surface area contributed by atoms with E-state index in [2.05, 4.69) is 9.97 Å². The first-order chi connectivity index (χ1) is 14.1. The van der Waals surface area contributed by atoms with Gasteiger partial charge in [-0.3, -0.25) is 0 Å². The summed E-state index contributed by atoms with van der Waals surface area (Å²) >= 11 is 0. The molecule has 30 heavy (non-hydrogen) atoms. The first-order valence-corrected chi connectivity index (χ1v) is 11.5. The maximum absolute atomic E-state index is 12.9. The van der Waals surface area contributed by atoms with Crippen molar-refractivity contribution in [3.63, 3.8) is 0 Å². The van der Waals surface area contributed by atoms with Gasteiger partial charge in [0.05, 0.1) is 28.1 Å². The molecule has 1 aromatic carbocycles. The van der Waals surface area contributed by atoms with Gasteiger partial charge in [-0.05, 0) is 24.6 Å². The van der Waals surface area contributed by atoms with Crippen LogP contribution in [0.5, 0.6) is 0 Å². The van der Waals surface area contributed by atoms with Gasteiger partial charge in [-0.1, -0.05) is 0 Å². The largest absolute Gasteiger partial charge is 0.416 e. The van der Waals surface area contributed by atoms with E-state index in [4.69, 9.17) is 0 Å². The Morgan fingerprint density at radius 1 is 1.00 bits per heavy atom. The number of hydrogen-bond donors (Lipinski definition) is 1. The van der Waals surface area contributed by atoms with Crippen molar-refractivity contribution in [1.82, 2.24) is 19.8 Å². The number of urea groups is 1. The summed E-state index contributed by atoms with van der Waals surface area (Å²) in [6, 6.07) is 3.22. The Kier molecular flexibility index (Phi) is 5.28. The maximum atomic E-state index is 12.9. The molecule has 8 nitrogen and oxygen atoms in total. The molecule has 0 spiro atoms. The lowest BCUT2D eigenvalue weighted by atomic mass is 10.2. The number of nitrogens with zero attached hydrogens (tertiary/aromatic N) is 4. The van der Waals surface area contributed by atoms with E-state index in [1.807, 2.05) is 4.90 Å². The number of rotatable bonds is 1. The average Bonchev–Trinajstić information content (AvgIpc) is 2.95. The Bertz CT molecular complexity index is 1040. The lowest BCUT2D eigenvalue weighted by Gasteiger charge is -2.32. The van der Waals surface area contributed by atoms with Crippen LogP contribution in [0.15, 0.2) is 18.2 Å². The Balaban J connectivity index is 1.43. The average molecular weight is 445 g/mol. The molecule has 4 rings (SSSR count). The van der Waals surface area contributed by atoms with Crippen molar-refractivity contribution in [2.24, 2.45) is 0 Å². The molecule has 2 fully saturated rings. The van der Waals surface area contributed by atoms with E-state index in [9.17, 15) is 26.4 Å². The van der Waals surface area contributed by atoms with Crippen LogP contribution in [0.25, 0.3) is 11.0 Å². The van der Waals surface area contributed by atoms with Crippen molar-refractivity contribution in [3.05, 3.63) is 23.8 Å². The highest BCUT2D eigenvalue weighted by Crippen LogP contribution is 2.31. The first-order valence-electron chi connectivity index (χ1n) is 9.69. The summed E-state index contributed by atoms with van der Waals surface area (Å²) in [7, 11) is -3.06. The second kappa shape index (κ2) is 7.64. The molecule has 12 heteroatoms. The van der Waals surface area contributed by atoms with Crippen LogP contribution in [0, 0.1) is 0 Å². The number of fused-ring (bicyclic) bond motifs is 1. The molecule has 0 unspecified atom stereocenters. The van der Waals surface area contributed by atoms with E-state index in [0.29, 0.717) is 49.6 Å². The van der Waals surface area contributed by atoms with Crippen LogP contribution in [0.4, 0.5) is 23.9 Å². The fraction of sp³-hybridized carbons (Fsp3) is 0.556. The second-order valence-electron chi connectivity index (χ2n) is 7.54. The fourth-order valence-electron chi connectivity index (χ4n) is 3.75. The summed E-state index contributed by atoms with van der Waals surface area (Å²) in [6.07, 6.45) is -3.75. The zero-order valence-electron chi connectivity index (χ0n) is 16.2. The molecular formula is C18H22F3N5O3S. The lowest BCUT2D eigenvalue weighted by molar-refractivity contribution is -0.137. The van der Waals surface area contributed by atoms with Crippen molar-refractivity contribution in [1.29, 1.82) is 0 Å². The van der Waals surface area contributed by atoms with Gasteiger partial charge in [-0.25, -0.2) is 18.2 Å². The summed E-state index contributed by atoms with van der Waals surface area (Å²) in [5.74, 6) is 0.442. The SMILES string of the molecule is O=C(N1CCCN(c2nc3ccc(C(F)(F)F)cc3[nH]2)CC1)N1CCS(=O)(=O)CC1. The number of hydrogen-bond acceptors (Lipinski definition) is 5. The number of amides is 2. The normalized spacial score (nSPS) is 20.4. The number of alkyl halides is 3. The minimum atomic E-state index is -4.42. The zero-order valence-corrected chi connectivity index (χ0v) is 17.0. The molecule has 2 aromatic rings. The standard InChI is InChI=1S/C18H22F3N5O3S/c19-18(20,21)13-2-3-14-15(12-13)23-16(22-14)24-4-1-5-25(7-6-24)17(27)26-8-10-30(28,29)11-9-26/h2-3,12H,1,4-11H2,(H,22,23). The highest BCUT2D eigenvalue weighted by molar-refractivity contribution is 7.91. The molecule has 0 bridgehead atoms. The number of imidazole rings is 1. The van der Waals surface area contributed by atoms with Gasteiger partial charge in [0.2, 0.25) is 5.95 Å². The molecule has 2 aliphatic heterocycles. The van der Waals surface area contributed by atoms with Gasteiger partial charge in [0.1, 0.15) is 0 Å². The Hall–Kier alpha value is -2.50. The van der Waals surface area contributed by atoms with Crippen LogP contribution in [-0.2, 0) is 16.0 Å². The quantitative estimate of drug-likeness (QED) is 0.725. The lowest BCUT2D eigenvalue weighted by Crippen LogP contribution is -2.50. The van der Waals surface area contributed by atoms with Gasteiger partial charge < -0.3 is 19.7 Å². The van der Waals surface area contributed by atoms with Gasteiger partial charge in [-0.15, -0.1) is 0 Å². The van der Waals surface area contributed by atoms with Gasteiger partial charge in [0.25, 0.3) is 0 Å². The molecule has 0 saturated carbocycles. The highest BCUT2D eigenvalue weighted by atomic mass is 32.2. The summed E-state index contributed by atoms with van der Waals surface area (Å²) in [5.41, 5.74) is 0.0256. The molecule has 2 amide bonds. The maximum Gasteiger partial charge on any atom is 0.416 e. The number of carbonyl (C=O) groups excluding carboxylic acids is 1. The highest BCUT2D eigenvalue weighted by Gasteiger charge is 2.31. The summed E-state index contributed by atoms with van der Waals surface area (Å²) in [6.45, 7) is 2.43. The Morgan fingerprint density at radius 2 is 1.70 bits per heavy atom. The molecule has 3 heterocycles. The van der Waals surface area contributed by atoms with E-state index >= 15 is 0 Å². The van der Waals surface area contributed by atoms with Crippen LogP contribution in [0.3, 0.4) is 0 Å². The third-order valence-electron chi connectivity index (χ3n) is 5.48. The molecule has 2 aliphatic rings. The molecule has 0 aliphatic carbocycles. The smallest absolute Gasteiger partial charge is 0.341 e. The fourth-order valence-corrected chi connectivity index (χ4v) is 4.95. The van der Waals surface area contributed by atoms with E-state index in [-0.39, 0.29) is 30.6 Å². The van der Waals surface area contributed by atoms with Crippen LogP contribution < -0.4 is 4.90 Å². The van der Waals surface area contributed by atoms with Crippen molar-refractivity contribution < 1.29 is 26.4 Å². The van der Waals surface area contributed by atoms with E-state index in [0.717, 1.165) is 12.1 Å². The summed E-state index contributed by atoms with van der Waals surface area (Å²) < 4.78 is 61.9. The number of benzene rings is 1. The second-order valence-corrected chi connectivity index (χ2v) is 9.84. The number of carbonyl (C=O) groups is 1. The number of aromatic amines is 1. The summed E-state index contributed by atoms with van der Waals surface area (Å²) in [5, 5.41) is 0. The topological polar surface area (TPSA) is 89.6 Å². The molecule has 2 saturated heterocycles. The van der Waals surface area contributed by atoms with Crippen LogP contribution in [0.1, 0.15) is 12.0 Å². The van der Waals surface area contributed by atoms with Crippen molar-refractivity contribution in [2.45, 2.75) is 12.6 Å². The Labute approximate surface area is 171 Å². The van der Waals surface area contributed by atoms with Gasteiger partial charge in [-0.2, -0.15) is 13.2 Å². The summed E-state index contributed by atoms with van der Waals surface area (Å²) in [4.78, 5) is 25.3. The van der Waals surface area contributed by atoms with Crippen molar-refractivity contribution in [2.75, 3.05) is 55.7 Å². The zero-order chi connectivity index (χ0) is 21.5. The molecule has 1 N–H and O–H groups in total. The van der Waals surface area contributed by atoms with Crippen molar-refractivity contribution in [3.8, 4) is 0 Å². The monoisotopic (exact) mass is 445 g/mol. The molecule has 1 aromatic heterocycles. The third-order valence-corrected chi connectivity index (χ3v) is 7.09. The number of H-pyrrole nitrogens is 1. The predicted molar refractivity (Wildman–Crippen MR) is 105 cm³/mol. The number of anilines is 1. The number of halogens is 3. The molecule has 164 valence electrons. The van der Waals surface area contributed by atoms with Crippen molar-refractivity contribution >= 4 is 32.9 Å². The number of nitrogens with one attached hydrogen (secondary N) is 1. The van der Waals surface area contributed by atoms with Crippen LogP contribution in [-0.4, -0.2) is 85.0 Å².